The Bertz CT molecular complexity index is 658. The number of rotatable bonds is 1. The Kier molecular flexibility index (Phi) is 3.34. The number of aliphatic imine (C=N–C) groups is 2. The first-order valence-electron chi connectivity index (χ1n) is 8.62. The van der Waals surface area contributed by atoms with Crippen LogP contribution < -0.4 is 0 Å². The van der Waals surface area contributed by atoms with Gasteiger partial charge in [-0.1, -0.05) is 13.8 Å². The smallest absolute Gasteiger partial charge is 0.289 e. The molecule has 1 saturated carbocycles. The van der Waals surface area contributed by atoms with Gasteiger partial charge in [-0.15, -0.1) is 0 Å². The molecule has 3 aliphatic heterocycles. The first kappa shape index (κ1) is 15.7. The zero-order valence-electron chi connectivity index (χ0n) is 14.3. The number of nitrogens with zero attached hydrogens (tertiary/aromatic N) is 4. The van der Waals surface area contributed by atoms with Crippen molar-refractivity contribution in [1.29, 1.82) is 0 Å². The van der Waals surface area contributed by atoms with E-state index >= 15 is 0 Å². The number of carbonyl (C=O) groups is 2. The van der Waals surface area contributed by atoms with Crippen molar-refractivity contribution < 1.29 is 14.0 Å². The predicted molar refractivity (Wildman–Crippen MR) is 87.5 cm³/mol. The zero-order valence-corrected chi connectivity index (χ0v) is 14.3. The van der Waals surface area contributed by atoms with Crippen molar-refractivity contribution in [2.24, 2.45) is 33.2 Å². The molecule has 3 heterocycles. The van der Waals surface area contributed by atoms with Gasteiger partial charge in [-0.2, -0.15) is 4.99 Å². The molecule has 4 atom stereocenters. The average Bonchev–Trinajstić information content (AvgIpc) is 2.86. The quantitative estimate of drug-likeness (QED) is 0.722. The summed E-state index contributed by atoms with van der Waals surface area (Å²) in [7, 11) is 0. The summed E-state index contributed by atoms with van der Waals surface area (Å²) >= 11 is 0. The van der Waals surface area contributed by atoms with Crippen LogP contribution in [0.3, 0.4) is 0 Å². The minimum atomic E-state index is -1.70. The van der Waals surface area contributed by atoms with Gasteiger partial charge in [0.2, 0.25) is 18.0 Å². The van der Waals surface area contributed by atoms with Crippen molar-refractivity contribution in [2.75, 3.05) is 26.2 Å². The monoisotopic (exact) mass is 334 g/mol. The van der Waals surface area contributed by atoms with E-state index in [1.54, 1.807) is 0 Å². The molecule has 130 valence electrons. The number of hydrogen-bond donors (Lipinski definition) is 0. The minimum Gasteiger partial charge on any atom is -0.342 e. The second kappa shape index (κ2) is 5.10. The lowest BCUT2D eigenvalue weighted by Crippen LogP contribution is -2.39. The van der Waals surface area contributed by atoms with Gasteiger partial charge in [-0.25, -0.2) is 9.38 Å². The largest absolute Gasteiger partial charge is 0.342 e. The molecule has 24 heavy (non-hydrogen) atoms. The van der Waals surface area contributed by atoms with Gasteiger partial charge in [0, 0.05) is 43.9 Å². The lowest BCUT2D eigenvalue weighted by atomic mass is 10.0. The summed E-state index contributed by atoms with van der Waals surface area (Å²) in [6.45, 7) is 8.79. The molecule has 7 heteroatoms. The number of fused-ring (bicyclic) bond motifs is 1. The summed E-state index contributed by atoms with van der Waals surface area (Å²) in [6, 6.07) is 0. The molecule has 0 N–H and O–H groups in total. The number of halogens is 1. The standard InChI is InChI=1S/C17H23FN4O2/c1-9-13(18)14(23)20-16(19-9)22-7-10-5-21(6-11(10)8-22)15(24)12-4-17(12,2)3/h10-13H,4-8H2,1-3H3. The van der Waals surface area contributed by atoms with Crippen molar-refractivity contribution in [1.82, 2.24) is 9.80 Å². The third-order valence-electron chi connectivity index (χ3n) is 5.96. The molecule has 2 amide bonds. The van der Waals surface area contributed by atoms with Crippen LogP contribution in [0, 0.1) is 23.2 Å². The van der Waals surface area contributed by atoms with Crippen molar-refractivity contribution in [3.63, 3.8) is 0 Å². The van der Waals surface area contributed by atoms with E-state index < -0.39 is 12.1 Å². The topological polar surface area (TPSA) is 65.3 Å². The Hall–Kier alpha value is -1.79. The summed E-state index contributed by atoms with van der Waals surface area (Å²) in [4.78, 5) is 36.0. The van der Waals surface area contributed by atoms with E-state index in [1.165, 1.54) is 6.92 Å². The van der Waals surface area contributed by atoms with Crippen LogP contribution in [0.4, 0.5) is 4.39 Å². The minimum absolute atomic E-state index is 0.160. The first-order valence-corrected chi connectivity index (χ1v) is 8.62. The fourth-order valence-electron chi connectivity index (χ4n) is 4.16. The maximum atomic E-state index is 13.5. The van der Waals surface area contributed by atoms with E-state index in [9.17, 15) is 14.0 Å². The molecule has 0 aromatic rings. The van der Waals surface area contributed by atoms with E-state index in [1.807, 2.05) is 9.80 Å². The summed E-state index contributed by atoms with van der Waals surface area (Å²) in [5, 5.41) is 0. The maximum Gasteiger partial charge on any atom is 0.289 e. The Balaban J connectivity index is 1.39. The highest BCUT2D eigenvalue weighted by Crippen LogP contribution is 2.53. The van der Waals surface area contributed by atoms with Gasteiger partial charge in [0.25, 0.3) is 5.91 Å². The van der Waals surface area contributed by atoms with Gasteiger partial charge in [-0.3, -0.25) is 9.59 Å². The molecule has 0 radical (unpaired) electrons. The third-order valence-corrected chi connectivity index (χ3v) is 5.96. The van der Waals surface area contributed by atoms with Crippen LogP contribution in [0.5, 0.6) is 0 Å². The van der Waals surface area contributed by atoms with Crippen LogP contribution in [0.2, 0.25) is 0 Å². The van der Waals surface area contributed by atoms with Crippen LogP contribution in [0.25, 0.3) is 0 Å². The van der Waals surface area contributed by atoms with E-state index in [0.717, 1.165) is 32.6 Å². The molecule has 0 aromatic heterocycles. The highest BCUT2D eigenvalue weighted by atomic mass is 19.1. The Morgan fingerprint density at radius 3 is 2.25 bits per heavy atom. The Morgan fingerprint density at radius 2 is 1.75 bits per heavy atom. The van der Waals surface area contributed by atoms with Crippen LogP contribution in [0.15, 0.2) is 9.98 Å². The fraction of sp³-hybridized carbons (Fsp3) is 0.765. The molecule has 4 unspecified atom stereocenters. The number of carbonyl (C=O) groups excluding carboxylic acids is 2. The number of likely N-dealkylation sites (tertiary alicyclic amines) is 2. The highest BCUT2D eigenvalue weighted by molar-refractivity contribution is 6.16. The summed E-state index contributed by atoms with van der Waals surface area (Å²) < 4.78 is 13.5. The highest BCUT2D eigenvalue weighted by Gasteiger charge is 2.54. The SMILES string of the molecule is CC1=NC(N2CC3CN(C(=O)C4CC4(C)C)CC3C2)=NC(=O)C1F. The number of guanidine groups is 1. The van der Waals surface area contributed by atoms with E-state index in [-0.39, 0.29) is 17.0 Å². The van der Waals surface area contributed by atoms with Crippen LogP contribution in [-0.2, 0) is 9.59 Å². The molecule has 6 nitrogen and oxygen atoms in total. The van der Waals surface area contributed by atoms with Gasteiger partial charge in [0.05, 0.1) is 5.71 Å². The maximum absolute atomic E-state index is 13.5. The number of amides is 2. The fourth-order valence-corrected chi connectivity index (χ4v) is 4.16. The lowest BCUT2D eigenvalue weighted by molar-refractivity contribution is -0.132. The van der Waals surface area contributed by atoms with Crippen molar-refractivity contribution >= 4 is 23.5 Å². The molecule has 3 fully saturated rings. The van der Waals surface area contributed by atoms with Crippen LogP contribution in [-0.4, -0.2) is 65.6 Å². The second-order valence-corrected chi connectivity index (χ2v) is 8.28. The summed E-state index contributed by atoms with van der Waals surface area (Å²) in [5.74, 6) is 0.811. The van der Waals surface area contributed by atoms with E-state index in [2.05, 4.69) is 23.8 Å². The lowest BCUT2D eigenvalue weighted by Gasteiger charge is -2.24. The number of alkyl halides is 1. The molecule has 2 saturated heterocycles. The Morgan fingerprint density at radius 1 is 1.17 bits per heavy atom. The van der Waals surface area contributed by atoms with Crippen molar-refractivity contribution in [3.05, 3.63) is 0 Å². The number of hydrogen-bond acceptors (Lipinski definition) is 4. The van der Waals surface area contributed by atoms with Gasteiger partial charge >= 0.3 is 0 Å². The molecule has 4 rings (SSSR count). The molecular formula is C17H23FN4O2. The molecular weight excluding hydrogens is 311 g/mol. The Labute approximate surface area is 140 Å². The van der Waals surface area contributed by atoms with Gasteiger partial charge in [0.1, 0.15) is 0 Å². The van der Waals surface area contributed by atoms with E-state index in [0.29, 0.717) is 23.7 Å². The van der Waals surface area contributed by atoms with Gasteiger partial charge in [0.15, 0.2) is 0 Å². The summed E-state index contributed by atoms with van der Waals surface area (Å²) in [5.41, 5.74) is 0.336. The van der Waals surface area contributed by atoms with Crippen molar-refractivity contribution in [2.45, 2.75) is 33.4 Å². The average molecular weight is 334 g/mol. The van der Waals surface area contributed by atoms with Gasteiger partial charge < -0.3 is 9.80 Å². The molecule has 0 bridgehead atoms. The molecule has 0 spiro atoms. The second-order valence-electron chi connectivity index (χ2n) is 8.28. The van der Waals surface area contributed by atoms with Crippen molar-refractivity contribution in [3.8, 4) is 0 Å². The molecule has 4 aliphatic rings. The van der Waals surface area contributed by atoms with Gasteiger partial charge in [-0.05, 0) is 18.8 Å². The van der Waals surface area contributed by atoms with Crippen LogP contribution >= 0.6 is 0 Å². The third kappa shape index (κ3) is 2.45. The zero-order chi connectivity index (χ0) is 17.2. The van der Waals surface area contributed by atoms with E-state index in [4.69, 9.17) is 0 Å². The first-order chi connectivity index (χ1) is 11.3. The molecule has 0 aromatic carbocycles. The predicted octanol–water partition coefficient (Wildman–Crippen LogP) is 1.12. The summed E-state index contributed by atoms with van der Waals surface area (Å²) in [6.07, 6.45) is -0.716. The van der Waals surface area contributed by atoms with Crippen LogP contribution in [0.1, 0.15) is 27.2 Å². The molecule has 1 aliphatic carbocycles. The normalized spacial score (nSPS) is 37.2.